The minimum Gasteiger partial charge on any atom is -0.355 e. The van der Waals surface area contributed by atoms with Gasteiger partial charge in [0.25, 0.3) is 0 Å². The fourth-order valence-electron chi connectivity index (χ4n) is 2.33. The number of carbonyl (C=O) groups is 1. The molecule has 0 fully saturated rings. The first-order chi connectivity index (χ1) is 9.06. The number of rotatable bonds is 5. The van der Waals surface area contributed by atoms with Gasteiger partial charge in [-0.05, 0) is 55.4 Å². The lowest BCUT2D eigenvalue weighted by molar-refractivity contribution is -0.120. The predicted molar refractivity (Wildman–Crippen MR) is 81.6 cm³/mol. The van der Waals surface area contributed by atoms with E-state index in [2.05, 4.69) is 37.4 Å². The molecule has 104 valence electrons. The number of amides is 1. The Balaban J connectivity index is 1.91. The zero-order chi connectivity index (χ0) is 13.8. The number of benzene rings is 1. The Morgan fingerprint density at radius 2 is 2.00 bits per heavy atom. The Labute approximate surface area is 120 Å². The molecule has 19 heavy (non-hydrogen) atoms. The normalized spacial score (nSPS) is 15.4. The first kappa shape index (κ1) is 14.4. The van der Waals surface area contributed by atoms with Crippen LogP contribution in [0.25, 0.3) is 0 Å². The Kier molecular flexibility index (Phi) is 4.92. The third-order valence-corrected chi connectivity index (χ3v) is 4.53. The molecule has 1 N–H and O–H groups in total. The van der Waals surface area contributed by atoms with E-state index < -0.39 is 0 Å². The topological polar surface area (TPSA) is 29.1 Å². The van der Waals surface area contributed by atoms with Crippen molar-refractivity contribution < 1.29 is 4.79 Å². The summed E-state index contributed by atoms with van der Waals surface area (Å²) in [5.74, 6) is 0.639. The van der Waals surface area contributed by atoms with Gasteiger partial charge in [0, 0.05) is 11.4 Å². The van der Waals surface area contributed by atoms with Crippen molar-refractivity contribution in [3.8, 4) is 0 Å². The summed E-state index contributed by atoms with van der Waals surface area (Å²) in [6.07, 6.45) is 3.68. The molecule has 1 aliphatic carbocycles. The summed E-state index contributed by atoms with van der Waals surface area (Å²) in [6, 6.07) is 6.64. The molecule has 2 rings (SSSR count). The number of hydrogen-bond donors (Lipinski definition) is 1. The first-order valence-electron chi connectivity index (χ1n) is 7.12. The fourth-order valence-corrected chi connectivity index (χ4v) is 3.28. The lowest BCUT2D eigenvalue weighted by Crippen LogP contribution is -2.33. The van der Waals surface area contributed by atoms with Crippen LogP contribution in [0.1, 0.15) is 38.3 Å². The third-order valence-electron chi connectivity index (χ3n) is 3.44. The summed E-state index contributed by atoms with van der Waals surface area (Å²) in [5.41, 5.74) is 2.96. The summed E-state index contributed by atoms with van der Waals surface area (Å²) in [7, 11) is 0. The minimum absolute atomic E-state index is 0.0294. The second-order valence-electron chi connectivity index (χ2n) is 5.68. The highest BCUT2D eigenvalue weighted by Gasteiger charge is 2.16. The maximum Gasteiger partial charge on any atom is 0.233 e. The molecular formula is C16H23NOS. The molecule has 1 atom stereocenters. The molecular weight excluding hydrogens is 254 g/mol. The van der Waals surface area contributed by atoms with Crippen molar-refractivity contribution in [2.75, 3.05) is 6.54 Å². The van der Waals surface area contributed by atoms with Crippen molar-refractivity contribution in [1.29, 1.82) is 0 Å². The average molecular weight is 277 g/mol. The van der Waals surface area contributed by atoms with E-state index in [1.807, 2.05) is 6.92 Å². The highest BCUT2D eigenvalue weighted by atomic mass is 32.2. The van der Waals surface area contributed by atoms with Gasteiger partial charge in [0.1, 0.15) is 0 Å². The Bertz CT molecular complexity index is 456. The first-order valence-corrected chi connectivity index (χ1v) is 8.00. The molecule has 2 nitrogen and oxygen atoms in total. The van der Waals surface area contributed by atoms with Crippen LogP contribution in [0.5, 0.6) is 0 Å². The summed E-state index contributed by atoms with van der Waals surface area (Å²) < 4.78 is 0. The SMILES string of the molecule is CC(C)CNC(=O)C(C)Sc1ccc2c(c1)CCC2. The second kappa shape index (κ2) is 6.47. The molecule has 0 aliphatic heterocycles. The van der Waals surface area contributed by atoms with Gasteiger partial charge in [0.15, 0.2) is 0 Å². The van der Waals surface area contributed by atoms with Crippen molar-refractivity contribution in [2.45, 2.75) is 50.2 Å². The predicted octanol–water partition coefficient (Wildman–Crippen LogP) is 3.43. The van der Waals surface area contributed by atoms with E-state index in [0.717, 1.165) is 6.54 Å². The minimum atomic E-state index is -0.0294. The molecule has 0 aromatic heterocycles. The van der Waals surface area contributed by atoms with Crippen LogP contribution in [0.15, 0.2) is 23.1 Å². The molecule has 0 spiro atoms. The van der Waals surface area contributed by atoms with E-state index in [0.29, 0.717) is 5.92 Å². The number of hydrogen-bond acceptors (Lipinski definition) is 2. The van der Waals surface area contributed by atoms with Crippen molar-refractivity contribution >= 4 is 17.7 Å². The summed E-state index contributed by atoms with van der Waals surface area (Å²) in [4.78, 5) is 13.2. The van der Waals surface area contributed by atoms with Crippen LogP contribution in [0.3, 0.4) is 0 Å². The van der Waals surface area contributed by atoms with E-state index in [1.54, 1.807) is 11.8 Å². The van der Waals surface area contributed by atoms with Gasteiger partial charge in [-0.3, -0.25) is 4.79 Å². The van der Waals surface area contributed by atoms with Gasteiger partial charge in [0.05, 0.1) is 5.25 Å². The van der Waals surface area contributed by atoms with Gasteiger partial charge in [-0.25, -0.2) is 0 Å². The summed E-state index contributed by atoms with van der Waals surface area (Å²) in [5, 5.41) is 2.97. The van der Waals surface area contributed by atoms with Crippen LogP contribution < -0.4 is 5.32 Å². The van der Waals surface area contributed by atoms with Crippen LogP contribution >= 0.6 is 11.8 Å². The maximum absolute atomic E-state index is 12.0. The van der Waals surface area contributed by atoms with Crippen LogP contribution in [0, 0.1) is 5.92 Å². The molecule has 3 heteroatoms. The van der Waals surface area contributed by atoms with Gasteiger partial charge in [0.2, 0.25) is 5.91 Å². The van der Waals surface area contributed by atoms with Crippen molar-refractivity contribution in [3.63, 3.8) is 0 Å². The van der Waals surface area contributed by atoms with Crippen molar-refractivity contribution in [2.24, 2.45) is 5.92 Å². The van der Waals surface area contributed by atoms with Gasteiger partial charge in [-0.2, -0.15) is 0 Å². The zero-order valence-corrected chi connectivity index (χ0v) is 12.8. The molecule has 0 saturated carbocycles. The van der Waals surface area contributed by atoms with E-state index >= 15 is 0 Å². The molecule has 1 unspecified atom stereocenters. The lowest BCUT2D eigenvalue weighted by atomic mass is 10.1. The Morgan fingerprint density at radius 1 is 1.26 bits per heavy atom. The number of thioether (sulfide) groups is 1. The van der Waals surface area contributed by atoms with E-state index in [-0.39, 0.29) is 11.2 Å². The number of nitrogens with one attached hydrogen (secondary N) is 1. The van der Waals surface area contributed by atoms with Crippen molar-refractivity contribution in [3.05, 3.63) is 29.3 Å². The zero-order valence-electron chi connectivity index (χ0n) is 12.0. The molecule has 0 bridgehead atoms. The summed E-state index contributed by atoms with van der Waals surface area (Å²) >= 11 is 1.66. The van der Waals surface area contributed by atoms with E-state index in [4.69, 9.17) is 0 Å². The van der Waals surface area contributed by atoms with Crippen LogP contribution in [0.2, 0.25) is 0 Å². The van der Waals surface area contributed by atoms with Gasteiger partial charge >= 0.3 is 0 Å². The molecule has 0 heterocycles. The van der Waals surface area contributed by atoms with E-state index in [9.17, 15) is 4.79 Å². The van der Waals surface area contributed by atoms with Gasteiger partial charge < -0.3 is 5.32 Å². The number of aryl methyl sites for hydroxylation is 2. The maximum atomic E-state index is 12.0. The Morgan fingerprint density at radius 3 is 2.74 bits per heavy atom. The van der Waals surface area contributed by atoms with Gasteiger partial charge in [-0.1, -0.05) is 19.9 Å². The molecule has 1 amide bonds. The summed E-state index contributed by atoms with van der Waals surface area (Å²) in [6.45, 7) is 6.96. The lowest BCUT2D eigenvalue weighted by Gasteiger charge is -2.14. The van der Waals surface area contributed by atoms with Crippen LogP contribution in [-0.2, 0) is 17.6 Å². The molecule has 1 aliphatic rings. The van der Waals surface area contributed by atoms with E-state index in [1.165, 1.54) is 35.3 Å². The van der Waals surface area contributed by atoms with Crippen molar-refractivity contribution in [1.82, 2.24) is 5.32 Å². The van der Waals surface area contributed by atoms with Crippen LogP contribution in [0.4, 0.5) is 0 Å². The fraction of sp³-hybridized carbons (Fsp3) is 0.562. The monoisotopic (exact) mass is 277 g/mol. The highest BCUT2D eigenvalue weighted by molar-refractivity contribution is 8.00. The van der Waals surface area contributed by atoms with Crippen LogP contribution in [-0.4, -0.2) is 17.7 Å². The second-order valence-corrected chi connectivity index (χ2v) is 7.10. The highest BCUT2D eigenvalue weighted by Crippen LogP contribution is 2.29. The molecule has 1 aromatic rings. The quantitative estimate of drug-likeness (QED) is 0.836. The third kappa shape index (κ3) is 4.00. The molecule has 0 radical (unpaired) electrons. The number of fused-ring (bicyclic) bond motifs is 1. The molecule has 1 aromatic carbocycles. The van der Waals surface area contributed by atoms with Gasteiger partial charge in [-0.15, -0.1) is 11.8 Å². The number of carbonyl (C=O) groups excluding carboxylic acids is 1. The average Bonchev–Trinajstić information content (AvgIpc) is 2.83. The smallest absolute Gasteiger partial charge is 0.233 e. The molecule has 0 saturated heterocycles. The largest absolute Gasteiger partial charge is 0.355 e. The standard InChI is InChI=1S/C16H23NOS/c1-11(2)10-17-16(18)12(3)19-15-8-7-13-5-4-6-14(13)9-15/h7-9,11-12H,4-6,10H2,1-3H3,(H,17,18). The Hall–Kier alpha value is -0.960.